The Morgan fingerprint density at radius 3 is 2.12 bits per heavy atom. The maximum atomic E-state index is 13.2. The van der Waals surface area contributed by atoms with E-state index in [1.165, 1.54) is 4.90 Å². The van der Waals surface area contributed by atoms with E-state index in [9.17, 15) is 19.5 Å². The molecule has 0 radical (unpaired) electrons. The fourth-order valence-corrected chi connectivity index (χ4v) is 4.52. The van der Waals surface area contributed by atoms with Crippen molar-refractivity contribution >= 4 is 18.0 Å². The van der Waals surface area contributed by atoms with E-state index in [1.54, 1.807) is 20.8 Å². The average molecular weight is 467 g/mol. The van der Waals surface area contributed by atoms with E-state index in [2.05, 4.69) is 5.32 Å². The van der Waals surface area contributed by atoms with Gasteiger partial charge in [0, 0.05) is 36.7 Å². The Bertz CT molecular complexity index is 1050. The summed E-state index contributed by atoms with van der Waals surface area (Å²) in [6, 6.07) is 15.4. The molecule has 0 aromatic heterocycles. The predicted molar refractivity (Wildman–Crippen MR) is 125 cm³/mol. The summed E-state index contributed by atoms with van der Waals surface area (Å²) in [5.74, 6) is -1.39. The monoisotopic (exact) mass is 466 g/mol. The number of hydrogen-bond acceptors (Lipinski definition) is 5. The van der Waals surface area contributed by atoms with Crippen molar-refractivity contribution < 1.29 is 29.0 Å². The molecule has 0 bridgehead atoms. The molecule has 0 spiro atoms. The van der Waals surface area contributed by atoms with E-state index in [4.69, 9.17) is 9.47 Å². The number of carbonyl (C=O) groups excluding carboxylic acids is 2. The van der Waals surface area contributed by atoms with Gasteiger partial charge in [-0.2, -0.15) is 0 Å². The van der Waals surface area contributed by atoms with E-state index in [1.807, 2.05) is 48.5 Å². The highest BCUT2D eigenvalue weighted by Crippen LogP contribution is 2.43. The second-order valence-corrected chi connectivity index (χ2v) is 9.83. The number of ether oxygens (including phenoxy) is 2. The lowest BCUT2D eigenvalue weighted by Gasteiger charge is -2.36. The van der Waals surface area contributed by atoms with E-state index in [0.717, 1.165) is 22.6 Å². The number of likely N-dealkylation sites (tertiary alicyclic amines) is 1. The van der Waals surface area contributed by atoms with Crippen molar-refractivity contribution in [2.45, 2.75) is 38.7 Å². The van der Waals surface area contributed by atoms with Crippen LogP contribution < -0.4 is 10.1 Å². The van der Waals surface area contributed by atoms with Crippen molar-refractivity contribution in [3.8, 4) is 11.5 Å². The third-order valence-electron chi connectivity index (χ3n) is 6.11. The van der Waals surface area contributed by atoms with Gasteiger partial charge < -0.3 is 24.8 Å². The topological polar surface area (TPSA) is 105 Å². The summed E-state index contributed by atoms with van der Waals surface area (Å²) in [7, 11) is 0. The van der Waals surface area contributed by atoms with Gasteiger partial charge in [0.05, 0.1) is 11.8 Å². The number of rotatable bonds is 4. The molecular formula is C26H30N2O6. The Hall–Kier alpha value is -3.55. The van der Waals surface area contributed by atoms with Crippen LogP contribution in [0.5, 0.6) is 11.5 Å². The number of amides is 2. The normalized spacial score (nSPS) is 19.9. The second kappa shape index (κ2) is 9.37. The Kier molecular flexibility index (Phi) is 6.50. The molecule has 8 nitrogen and oxygen atoms in total. The summed E-state index contributed by atoms with van der Waals surface area (Å²) < 4.78 is 11.4. The molecule has 2 amide bonds. The highest BCUT2D eigenvalue weighted by molar-refractivity contribution is 5.82. The molecule has 0 saturated carbocycles. The molecule has 2 aromatic carbocycles. The lowest BCUT2D eigenvalue weighted by molar-refractivity contribution is -0.145. The first-order chi connectivity index (χ1) is 16.1. The molecule has 1 fully saturated rings. The third kappa shape index (κ3) is 5.16. The third-order valence-corrected chi connectivity index (χ3v) is 6.11. The number of carboxylic acid groups (broad SMARTS) is 1. The van der Waals surface area contributed by atoms with Crippen LogP contribution in [0.1, 0.15) is 44.2 Å². The highest BCUT2D eigenvalue weighted by atomic mass is 16.6. The minimum atomic E-state index is -1.03. The molecule has 2 aromatic rings. The summed E-state index contributed by atoms with van der Waals surface area (Å²) >= 11 is 0. The average Bonchev–Trinajstić information content (AvgIpc) is 2.80. The van der Waals surface area contributed by atoms with Crippen molar-refractivity contribution in [1.29, 1.82) is 0 Å². The van der Waals surface area contributed by atoms with Gasteiger partial charge in [-0.25, -0.2) is 4.79 Å². The van der Waals surface area contributed by atoms with Crippen molar-refractivity contribution in [3.05, 3.63) is 59.7 Å². The first kappa shape index (κ1) is 23.6. The lowest BCUT2D eigenvalue weighted by Crippen LogP contribution is -2.51. The minimum absolute atomic E-state index is 0.0226. The van der Waals surface area contributed by atoms with Gasteiger partial charge in [-0.15, -0.1) is 0 Å². The molecule has 8 heteroatoms. The number of benzene rings is 2. The molecule has 180 valence electrons. The van der Waals surface area contributed by atoms with Crippen LogP contribution in [0.3, 0.4) is 0 Å². The van der Waals surface area contributed by atoms with E-state index >= 15 is 0 Å². The molecule has 2 aliphatic heterocycles. The molecule has 2 aliphatic rings. The molecule has 2 heterocycles. The fourth-order valence-electron chi connectivity index (χ4n) is 4.52. The lowest BCUT2D eigenvalue weighted by atomic mass is 9.86. The number of carboxylic acids is 1. The number of fused-ring (bicyclic) bond motifs is 2. The van der Waals surface area contributed by atoms with Gasteiger partial charge >= 0.3 is 12.1 Å². The van der Waals surface area contributed by atoms with Gasteiger partial charge in [0.2, 0.25) is 5.91 Å². The summed E-state index contributed by atoms with van der Waals surface area (Å²) in [6.45, 7) is 5.71. The SMILES string of the molecule is CC(C)(C)OC(=O)N1C[C@H](C(=O)O)C[C@H](C(=O)NCC2c3ccccc3Oc3ccccc32)C1. The standard InChI is InChI=1S/C26H30N2O6/c1-26(2,3)34-25(32)28-14-16(12-17(15-28)24(30)31)23(29)27-13-20-18-8-4-6-10-21(18)33-22-11-7-5-9-19(20)22/h4-11,16-17,20H,12-15H2,1-3H3,(H,27,29)(H,30,31)/t16-,17+/m0/s1. The fraction of sp³-hybridized carbons (Fsp3) is 0.423. The van der Waals surface area contributed by atoms with Crippen molar-refractivity contribution in [2.24, 2.45) is 11.8 Å². The molecule has 0 aliphatic carbocycles. The number of aliphatic carboxylic acids is 1. The van der Waals surface area contributed by atoms with Crippen molar-refractivity contribution in [2.75, 3.05) is 19.6 Å². The van der Waals surface area contributed by atoms with Crippen LogP contribution in [0.4, 0.5) is 4.79 Å². The smallest absolute Gasteiger partial charge is 0.410 e. The van der Waals surface area contributed by atoms with Gasteiger partial charge in [0.1, 0.15) is 17.1 Å². The van der Waals surface area contributed by atoms with E-state index < -0.39 is 29.5 Å². The summed E-state index contributed by atoms with van der Waals surface area (Å²) in [4.78, 5) is 38.8. The van der Waals surface area contributed by atoms with Crippen LogP contribution in [0.25, 0.3) is 0 Å². The first-order valence-corrected chi connectivity index (χ1v) is 11.5. The number of nitrogens with one attached hydrogen (secondary N) is 1. The zero-order valence-electron chi connectivity index (χ0n) is 19.6. The molecule has 2 N–H and O–H groups in total. The Labute approximate surface area is 198 Å². The maximum absolute atomic E-state index is 13.2. The molecule has 34 heavy (non-hydrogen) atoms. The maximum Gasteiger partial charge on any atom is 0.410 e. The Balaban J connectivity index is 1.49. The van der Waals surface area contributed by atoms with Crippen LogP contribution in [-0.4, -0.2) is 53.2 Å². The van der Waals surface area contributed by atoms with Gasteiger partial charge in [-0.1, -0.05) is 36.4 Å². The molecular weight excluding hydrogens is 436 g/mol. The van der Waals surface area contributed by atoms with Crippen molar-refractivity contribution in [1.82, 2.24) is 10.2 Å². The molecule has 1 saturated heterocycles. The second-order valence-electron chi connectivity index (χ2n) is 9.83. The first-order valence-electron chi connectivity index (χ1n) is 11.5. The summed E-state index contributed by atoms with van der Waals surface area (Å²) in [6.07, 6.45) is -0.440. The zero-order chi connectivity index (χ0) is 24.5. The van der Waals surface area contributed by atoms with Crippen LogP contribution in [-0.2, 0) is 14.3 Å². The van der Waals surface area contributed by atoms with Crippen LogP contribution in [0.15, 0.2) is 48.5 Å². The number of para-hydroxylation sites is 2. The number of nitrogens with zero attached hydrogens (tertiary/aromatic N) is 1. The zero-order valence-corrected chi connectivity index (χ0v) is 19.6. The minimum Gasteiger partial charge on any atom is -0.481 e. The highest BCUT2D eigenvalue weighted by Gasteiger charge is 2.39. The van der Waals surface area contributed by atoms with Gasteiger partial charge in [0.25, 0.3) is 0 Å². The largest absolute Gasteiger partial charge is 0.481 e. The van der Waals surface area contributed by atoms with Crippen LogP contribution in [0.2, 0.25) is 0 Å². The Morgan fingerprint density at radius 1 is 1.00 bits per heavy atom. The molecule has 4 rings (SSSR count). The summed E-state index contributed by atoms with van der Waals surface area (Å²) in [5, 5.41) is 12.6. The van der Waals surface area contributed by atoms with Gasteiger partial charge in [0.15, 0.2) is 0 Å². The van der Waals surface area contributed by atoms with Gasteiger partial charge in [-0.3, -0.25) is 9.59 Å². The molecule has 0 unspecified atom stereocenters. The van der Waals surface area contributed by atoms with E-state index in [0.29, 0.717) is 6.54 Å². The quantitative estimate of drug-likeness (QED) is 0.706. The number of hydrogen-bond donors (Lipinski definition) is 2. The van der Waals surface area contributed by atoms with Gasteiger partial charge in [-0.05, 0) is 39.3 Å². The van der Waals surface area contributed by atoms with Crippen LogP contribution in [0, 0.1) is 11.8 Å². The van der Waals surface area contributed by atoms with E-state index in [-0.39, 0.29) is 31.3 Å². The number of carbonyl (C=O) groups is 3. The summed E-state index contributed by atoms with van der Waals surface area (Å²) in [5.41, 5.74) is 1.24. The van der Waals surface area contributed by atoms with Crippen LogP contribution >= 0.6 is 0 Å². The van der Waals surface area contributed by atoms with Crippen molar-refractivity contribution in [3.63, 3.8) is 0 Å². The molecule has 2 atom stereocenters. The Morgan fingerprint density at radius 2 is 1.56 bits per heavy atom. The number of piperidine rings is 1. The predicted octanol–water partition coefficient (Wildman–Crippen LogP) is 4.00.